The number of hydrogen-bond donors (Lipinski definition) is 0. The molecule has 4 aromatic heterocycles. The van der Waals surface area contributed by atoms with Crippen LogP contribution in [-0.2, 0) is 22.4 Å². The third-order valence-corrected chi connectivity index (χ3v) is 6.83. The summed E-state index contributed by atoms with van der Waals surface area (Å²) in [5.74, 6) is 0.483. The van der Waals surface area contributed by atoms with E-state index in [9.17, 15) is 4.79 Å². The monoisotopic (exact) mass is 497 g/mol. The van der Waals surface area contributed by atoms with Crippen molar-refractivity contribution in [1.82, 2.24) is 29.9 Å². The lowest BCUT2D eigenvalue weighted by molar-refractivity contribution is -0.117. The summed E-state index contributed by atoms with van der Waals surface area (Å²) in [6.45, 7) is 3.34. The summed E-state index contributed by atoms with van der Waals surface area (Å²) in [7, 11) is 1.71. The minimum Gasteiger partial charge on any atom is -0.383 e. The van der Waals surface area contributed by atoms with Crippen LogP contribution in [-0.4, -0.2) is 62.0 Å². The van der Waals surface area contributed by atoms with Crippen LogP contribution in [0.3, 0.4) is 0 Å². The van der Waals surface area contributed by atoms with Gasteiger partial charge in [-0.25, -0.2) is 15.0 Å². The van der Waals surface area contributed by atoms with Crippen molar-refractivity contribution in [1.29, 1.82) is 0 Å². The van der Waals surface area contributed by atoms with Crippen LogP contribution >= 0.6 is 22.9 Å². The molecule has 176 valence electrons. The third-order valence-electron chi connectivity index (χ3n) is 5.67. The van der Waals surface area contributed by atoms with Gasteiger partial charge in [-0.2, -0.15) is 10.2 Å². The Kier molecular flexibility index (Phi) is 6.53. The van der Waals surface area contributed by atoms with E-state index in [0.717, 1.165) is 51.6 Å². The largest absolute Gasteiger partial charge is 0.383 e. The fourth-order valence-corrected chi connectivity index (χ4v) is 5.08. The molecular formula is C23H24ClN7O2S. The predicted molar refractivity (Wildman–Crippen MR) is 131 cm³/mol. The summed E-state index contributed by atoms with van der Waals surface area (Å²) < 4.78 is 5.36. The minimum atomic E-state index is 0.0553. The highest BCUT2D eigenvalue weighted by Gasteiger charge is 2.32. The summed E-state index contributed by atoms with van der Waals surface area (Å²) in [5, 5.41) is 9.46. The number of methoxy groups -OCH3 is 1. The molecule has 4 aromatic rings. The van der Waals surface area contributed by atoms with Gasteiger partial charge in [-0.1, -0.05) is 22.9 Å². The first-order valence-corrected chi connectivity index (χ1v) is 12.3. The number of Topliss-reactive ketones (excluding diaryl/α,β-unsaturated/α-hetero) is 1. The van der Waals surface area contributed by atoms with Gasteiger partial charge in [-0.15, -0.1) is 4.80 Å². The van der Waals surface area contributed by atoms with Crippen molar-refractivity contribution in [2.45, 2.75) is 38.6 Å². The summed E-state index contributed by atoms with van der Waals surface area (Å²) in [5.41, 5.74) is 3.52. The second kappa shape index (κ2) is 9.73. The molecule has 34 heavy (non-hydrogen) atoms. The Balaban J connectivity index is 1.41. The molecule has 0 bridgehead atoms. The number of nitrogens with zero attached hydrogens (tertiary/aromatic N) is 7. The Morgan fingerprint density at radius 1 is 1.24 bits per heavy atom. The first-order chi connectivity index (χ1) is 16.5. The fourth-order valence-electron chi connectivity index (χ4n) is 4.05. The number of ether oxygens (including phenoxy) is 1. The van der Waals surface area contributed by atoms with Gasteiger partial charge in [0.1, 0.15) is 16.1 Å². The average Bonchev–Trinajstić information content (AvgIpc) is 3.35. The second-order valence-electron chi connectivity index (χ2n) is 8.30. The van der Waals surface area contributed by atoms with E-state index < -0.39 is 0 Å². The highest BCUT2D eigenvalue weighted by molar-refractivity contribution is 7.18. The zero-order valence-corrected chi connectivity index (χ0v) is 20.5. The third kappa shape index (κ3) is 4.79. The molecule has 4 heterocycles. The topological polar surface area (TPSA) is 98.9 Å². The van der Waals surface area contributed by atoms with Crippen LogP contribution in [0.5, 0.6) is 0 Å². The van der Waals surface area contributed by atoms with Crippen LogP contribution in [0.15, 0.2) is 30.9 Å². The number of anilines is 1. The van der Waals surface area contributed by atoms with Gasteiger partial charge >= 0.3 is 0 Å². The quantitative estimate of drug-likeness (QED) is 0.327. The van der Waals surface area contributed by atoms with E-state index >= 15 is 0 Å². The Hall–Kier alpha value is -2.95. The molecule has 1 fully saturated rings. The second-order valence-corrected chi connectivity index (χ2v) is 9.88. The van der Waals surface area contributed by atoms with Gasteiger partial charge in [0.15, 0.2) is 5.82 Å². The number of aryl methyl sites for hydroxylation is 1. The molecule has 9 nitrogen and oxygen atoms in total. The van der Waals surface area contributed by atoms with Crippen LogP contribution in [0, 0.1) is 6.92 Å². The first kappa shape index (κ1) is 22.8. The maximum Gasteiger partial charge on any atom is 0.193 e. The molecule has 5 rings (SSSR count). The molecule has 1 saturated carbocycles. The number of rotatable bonds is 10. The van der Waals surface area contributed by atoms with Gasteiger partial charge < -0.3 is 9.64 Å². The number of halogens is 1. The summed E-state index contributed by atoms with van der Waals surface area (Å²) in [4.78, 5) is 31.5. The molecule has 0 unspecified atom stereocenters. The number of aromatic nitrogens is 6. The van der Waals surface area contributed by atoms with Gasteiger partial charge in [-0.3, -0.25) is 4.79 Å². The standard InChI is InChI=1S/C23H24ClN7O2S/c1-14-29-20-21(30(7-8-33-2)17-3-4-17)16(13-26-23(20)34-14)11-18(32)9-15-10-19(24)22(25-12-15)31-27-5-6-28-31/h5-6,10,12-13,17H,3-4,7-9,11H2,1-2H3. The van der Waals surface area contributed by atoms with Crippen LogP contribution in [0.2, 0.25) is 5.02 Å². The van der Waals surface area contributed by atoms with Crippen molar-refractivity contribution in [2.75, 3.05) is 25.2 Å². The van der Waals surface area contributed by atoms with Crippen molar-refractivity contribution in [3.8, 4) is 5.82 Å². The number of ketones is 1. The number of pyridine rings is 2. The average molecular weight is 498 g/mol. The molecule has 0 aliphatic heterocycles. The molecule has 0 spiro atoms. The van der Waals surface area contributed by atoms with Crippen LogP contribution in [0.25, 0.3) is 16.2 Å². The Labute approximate surface area is 205 Å². The summed E-state index contributed by atoms with van der Waals surface area (Å²) >= 11 is 7.95. The lowest BCUT2D eigenvalue weighted by atomic mass is 10.0. The summed E-state index contributed by atoms with van der Waals surface area (Å²) in [6.07, 6.45) is 9.31. The maximum atomic E-state index is 13.1. The van der Waals surface area contributed by atoms with Gasteiger partial charge in [0.2, 0.25) is 0 Å². The van der Waals surface area contributed by atoms with Gasteiger partial charge in [0.25, 0.3) is 0 Å². The molecule has 0 radical (unpaired) electrons. The molecule has 0 atom stereocenters. The predicted octanol–water partition coefficient (Wildman–Crippen LogP) is 3.60. The van der Waals surface area contributed by atoms with E-state index in [1.807, 2.05) is 13.1 Å². The molecule has 11 heteroatoms. The maximum absolute atomic E-state index is 13.1. The van der Waals surface area contributed by atoms with Gasteiger partial charge in [0.05, 0.1) is 34.7 Å². The lowest BCUT2D eigenvalue weighted by Gasteiger charge is -2.27. The van der Waals surface area contributed by atoms with E-state index in [1.54, 1.807) is 43.1 Å². The minimum absolute atomic E-state index is 0.0553. The number of fused-ring (bicyclic) bond motifs is 1. The van der Waals surface area contributed by atoms with Crippen molar-refractivity contribution < 1.29 is 9.53 Å². The van der Waals surface area contributed by atoms with Crippen LogP contribution in [0.4, 0.5) is 5.69 Å². The first-order valence-electron chi connectivity index (χ1n) is 11.1. The Morgan fingerprint density at radius 2 is 2.03 bits per heavy atom. The van der Waals surface area contributed by atoms with Gasteiger partial charge in [-0.05, 0) is 31.4 Å². The van der Waals surface area contributed by atoms with Crippen molar-refractivity contribution in [3.63, 3.8) is 0 Å². The Morgan fingerprint density at radius 3 is 2.74 bits per heavy atom. The highest BCUT2D eigenvalue weighted by Crippen LogP contribution is 2.39. The fraction of sp³-hybridized carbons (Fsp3) is 0.391. The van der Waals surface area contributed by atoms with Gasteiger partial charge in [0, 0.05) is 50.5 Å². The smallest absolute Gasteiger partial charge is 0.193 e. The van der Waals surface area contributed by atoms with Crippen LogP contribution < -0.4 is 4.90 Å². The summed E-state index contributed by atoms with van der Waals surface area (Å²) in [6, 6.07) is 2.19. The SMILES string of the molecule is COCCN(c1c(CC(=O)Cc2cnc(-n3nccn3)c(Cl)c2)cnc2sc(C)nc12)C1CC1. The number of hydrogen-bond acceptors (Lipinski definition) is 9. The van der Waals surface area contributed by atoms with E-state index in [-0.39, 0.29) is 18.6 Å². The zero-order valence-electron chi connectivity index (χ0n) is 18.9. The van der Waals surface area contributed by atoms with E-state index in [2.05, 4.69) is 25.1 Å². The highest BCUT2D eigenvalue weighted by atomic mass is 35.5. The molecule has 0 saturated heterocycles. The lowest BCUT2D eigenvalue weighted by Crippen LogP contribution is -2.31. The molecule has 1 aliphatic carbocycles. The number of thiazole rings is 1. The van der Waals surface area contributed by atoms with E-state index in [1.165, 1.54) is 4.80 Å². The van der Waals surface area contributed by atoms with E-state index in [4.69, 9.17) is 21.3 Å². The van der Waals surface area contributed by atoms with Crippen LogP contribution in [0.1, 0.15) is 29.0 Å². The molecule has 0 aromatic carbocycles. The molecular weight excluding hydrogens is 474 g/mol. The molecule has 0 amide bonds. The normalized spacial score (nSPS) is 13.5. The molecule has 0 N–H and O–H groups in total. The Bertz CT molecular complexity index is 1320. The number of carbonyl (C=O) groups excluding carboxylic acids is 1. The number of carbonyl (C=O) groups is 1. The zero-order chi connectivity index (χ0) is 23.7. The van der Waals surface area contributed by atoms with Crippen molar-refractivity contribution in [2.24, 2.45) is 0 Å². The molecule has 1 aliphatic rings. The van der Waals surface area contributed by atoms with E-state index in [0.29, 0.717) is 23.5 Å². The van der Waals surface area contributed by atoms with Crippen molar-refractivity contribution >= 4 is 44.8 Å². The van der Waals surface area contributed by atoms with Crippen molar-refractivity contribution in [3.05, 3.63) is 52.0 Å².